The molecule has 1 saturated carbocycles. The van der Waals surface area contributed by atoms with Gasteiger partial charge in [-0.15, -0.1) is 0 Å². The van der Waals surface area contributed by atoms with Crippen LogP contribution in [-0.4, -0.2) is 18.7 Å². The van der Waals surface area contributed by atoms with Crippen LogP contribution in [0.5, 0.6) is 0 Å². The summed E-state index contributed by atoms with van der Waals surface area (Å²) in [6.45, 7) is 3.27. The highest BCUT2D eigenvalue weighted by Crippen LogP contribution is 2.20. The third-order valence-corrected chi connectivity index (χ3v) is 3.04. The van der Waals surface area contributed by atoms with E-state index in [2.05, 4.69) is 24.4 Å². The minimum atomic E-state index is 0.311. The van der Waals surface area contributed by atoms with Crippen LogP contribution in [0, 0.1) is 0 Å². The maximum absolute atomic E-state index is 5.55. The first kappa shape index (κ1) is 10.7. The van der Waals surface area contributed by atoms with Crippen LogP contribution in [0.2, 0.25) is 0 Å². The predicted octanol–water partition coefficient (Wildman–Crippen LogP) is 2.77. The van der Waals surface area contributed by atoms with Gasteiger partial charge in [0.1, 0.15) is 6.10 Å². The van der Waals surface area contributed by atoms with Crippen molar-refractivity contribution in [2.75, 3.05) is 6.54 Å². The Morgan fingerprint density at radius 3 is 2.93 bits per heavy atom. The quantitative estimate of drug-likeness (QED) is 0.700. The zero-order chi connectivity index (χ0) is 10.5. The Kier molecular flexibility index (Phi) is 3.84. The van der Waals surface area contributed by atoms with E-state index in [1.54, 1.807) is 0 Å². The van der Waals surface area contributed by atoms with Crippen molar-refractivity contribution in [3.8, 4) is 0 Å². The largest absolute Gasteiger partial charge is 0.494 e. The van der Waals surface area contributed by atoms with E-state index < -0.39 is 0 Å². The highest BCUT2D eigenvalue weighted by Gasteiger charge is 2.20. The molecule has 2 nitrogen and oxygen atoms in total. The minimum Gasteiger partial charge on any atom is -0.494 e. The summed E-state index contributed by atoms with van der Waals surface area (Å²) in [5.41, 5.74) is 1.49. The summed E-state index contributed by atoms with van der Waals surface area (Å²) in [4.78, 5) is 0. The van der Waals surface area contributed by atoms with E-state index in [9.17, 15) is 0 Å². The number of hydrogen-bond acceptors (Lipinski definition) is 2. The maximum Gasteiger partial charge on any atom is 0.117 e. The van der Waals surface area contributed by atoms with Crippen molar-refractivity contribution < 1.29 is 4.74 Å². The van der Waals surface area contributed by atoms with Gasteiger partial charge < -0.3 is 10.1 Å². The molecule has 0 aromatic heterocycles. The highest BCUT2D eigenvalue weighted by molar-refractivity contribution is 5.09. The molecule has 15 heavy (non-hydrogen) atoms. The molecule has 0 saturated heterocycles. The van der Waals surface area contributed by atoms with Crippen LogP contribution >= 0.6 is 0 Å². The molecule has 0 aromatic carbocycles. The fourth-order valence-electron chi connectivity index (χ4n) is 1.80. The lowest BCUT2D eigenvalue weighted by molar-refractivity contribution is 0.164. The van der Waals surface area contributed by atoms with E-state index >= 15 is 0 Å². The first-order valence-electron chi connectivity index (χ1n) is 6.12. The number of nitrogens with one attached hydrogen (secondary N) is 1. The van der Waals surface area contributed by atoms with Gasteiger partial charge in [-0.3, -0.25) is 0 Å². The van der Waals surface area contributed by atoms with Gasteiger partial charge in [0.25, 0.3) is 0 Å². The molecule has 1 fully saturated rings. The van der Waals surface area contributed by atoms with Crippen LogP contribution in [0.1, 0.15) is 39.0 Å². The third kappa shape index (κ3) is 3.71. The average molecular weight is 207 g/mol. The molecule has 2 rings (SSSR count). The molecule has 0 bridgehead atoms. The number of hydrogen-bond donors (Lipinski definition) is 1. The molecule has 1 atom stereocenters. The van der Waals surface area contributed by atoms with Gasteiger partial charge >= 0.3 is 0 Å². The van der Waals surface area contributed by atoms with Crippen LogP contribution in [0.3, 0.4) is 0 Å². The first-order valence-corrected chi connectivity index (χ1v) is 6.12. The smallest absolute Gasteiger partial charge is 0.117 e. The summed E-state index contributed by atoms with van der Waals surface area (Å²) in [7, 11) is 0. The molecule has 1 aliphatic heterocycles. The Bertz CT molecular complexity index is 253. The number of allylic oxidation sites excluding steroid dienone is 1. The molecule has 0 radical (unpaired) electrons. The van der Waals surface area contributed by atoms with E-state index in [4.69, 9.17) is 4.74 Å². The lowest BCUT2D eigenvalue weighted by atomic mass is 10.1. The molecule has 0 amide bonds. The van der Waals surface area contributed by atoms with Gasteiger partial charge in [0, 0.05) is 12.6 Å². The van der Waals surface area contributed by atoms with Gasteiger partial charge in [-0.25, -0.2) is 0 Å². The van der Waals surface area contributed by atoms with Crippen molar-refractivity contribution in [1.29, 1.82) is 0 Å². The molecule has 1 heterocycles. The second-order valence-corrected chi connectivity index (χ2v) is 4.46. The number of ether oxygens (including phenoxy) is 1. The Labute approximate surface area is 92.4 Å². The van der Waals surface area contributed by atoms with E-state index in [-0.39, 0.29) is 0 Å². The fraction of sp³-hybridized carbons (Fsp3) is 0.692. The van der Waals surface area contributed by atoms with Gasteiger partial charge in [-0.2, -0.15) is 0 Å². The maximum atomic E-state index is 5.55. The molecule has 1 N–H and O–H groups in total. The standard InChI is InChI=1S/C13H21NO/c1-2-11(10-14-12-6-7-12)9-13-5-3-4-8-15-13/h4,8-9,12-14H,2-3,5-7,10H2,1H3/b11-9+. The van der Waals surface area contributed by atoms with Crippen molar-refractivity contribution in [3.05, 3.63) is 24.0 Å². The van der Waals surface area contributed by atoms with Crippen molar-refractivity contribution in [2.45, 2.75) is 51.2 Å². The molecular weight excluding hydrogens is 186 g/mol. The summed E-state index contributed by atoms with van der Waals surface area (Å²) in [5, 5.41) is 3.56. The second kappa shape index (κ2) is 5.36. The Balaban J connectivity index is 1.79. The first-order chi connectivity index (χ1) is 7.38. The summed E-state index contributed by atoms with van der Waals surface area (Å²) in [6, 6.07) is 0.798. The molecule has 0 spiro atoms. The predicted molar refractivity (Wildman–Crippen MR) is 62.6 cm³/mol. The minimum absolute atomic E-state index is 0.311. The molecular formula is C13H21NO. The molecule has 84 valence electrons. The third-order valence-electron chi connectivity index (χ3n) is 3.04. The van der Waals surface area contributed by atoms with Crippen LogP contribution in [0.15, 0.2) is 24.0 Å². The molecule has 1 unspecified atom stereocenters. The SMILES string of the molecule is CC/C(=C\C1CCC=CO1)CNC1CC1. The molecule has 2 heteroatoms. The summed E-state index contributed by atoms with van der Waals surface area (Å²) in [6.07, 6.45) is 12.7. The van der Waals surface area contributed by atoms with Gasteiger partial charge in [0.15, 0.2) is 0 Å². The topological polar surface area (TPSA) is 21.3 Å². The average Bonchev–Trinajstić information content (AvgIpc) is 3.09. The van der Waals surface area contributed by atoms with Gasteiger partial charge in [-0.05, 0) is 44.3 Å². The Hall–Kier alpha value is -0.760. The van der Waals surface area contributed by atoms with Crippen LogP contribution < -0.4 is 5.32 Å². The summed E-state index contributed by atoms with van der Waals surface area (Å²) < 4.78 is 5.55. The van der Waals surface area contributed by atoms with E-state index in [1.807, 2.05) is 6.26 Å². The van der Waals surface area contributed by atoms with Crippen LogP contribution in [0.25, 0.3) is 0 Å². The summed E-state index contributed by atoms with van der Waals surface area (Å²) >= 11 is 0. The van der Waals surface area contributed by atoms with E-state index in [0.717, 1.165) is 31.8 Å². The van der Waals surface area contributed by atoms with Crippen molar-refractivity contribution in [2.24, 2.45) is 0 Å². The lowest BCUT2D eigenvalue weighted by Crippen LogP contribution is -2.20. The van der Waals surface area contributed by atoms with Crippen molar-refractivity contribution in [3.63, 3.8) is 0 Å². The van der Waals surface area contributed by atoms with Gasteiger partial charge in [0.2, 0.25) is 0 Å². The Morgan fingerprint density at radius 1 is 1.47 bits per heavy atom. The van der Waals surface area contributed by atoms with Gasteiger partial charge in [0.05, 0.1) is 6.26 Å². The molecule has 2 aliphatic rings. The highest BCUT2D eigenvalue weighted by atomic mass is 16.5. The molecule has 0 aromatic rings. The normalized spacial score (nSPS) is 26.5. The van der Waals surface area contributed by atoms with Gasteiger partial charge in [-0.1, -0.05) is 12.5 Å². The zero-order valence-corrected chi connectivity index (χ0v) is 9.54. The zero-order valence-electron chi connectivity index (χ0n) is 9.54. The lowest BCUT2D eigenvalue weighted by Gasteiger charge is -2.17. The van der Waals surface area contributed by atoms with Crippen molar-refractivity contribution >= 4 is 0 Å². The van der Waals surface area contributed by atoms with Crippen LogP contribution in [-0.2, 0) is 4.74 Å². The Morgan fingerprint density at radius 2 is 2.33 bits per heavy atom. The summed E-state index contributed by atoms with van der Waals surface area (Å²) in [5.74, 6) is 0. The van der Waals surface area contributed by atoms with Crippen LogP contribution in [0.4, 0.5) is 0 Å². The molecule has 1 aliphatic carbocycles. The van der Waals surface area contributed by atoms with E-state index in [0.29, 0.717) is 6.10 Å². The van der Waals surface area contributed by atoms with Crippen molar-refractivity contribution in [1.82, 2.24) is 5.32 Å². The van der Waals surface area contributed by atoms with E-state index in [1.165, 1.54) is 18.4 Å². The monoisotopic (exact) mass is 207 g/mol. The fourth-order valence-corrected chi connectivity index (χ4v) is 1.80. The number of rotatable bonds is 5. The second-order valence-electron chi connectivity index (χ2n) is 4.46.